The number of aromatic nitrogens is 1. The number of rotatable bonds is 31. The quantitative estimate of drug-likeness (QED) is 0.0697. The number of ether oxygens (including phenoxy) is 8. The Morgan fingerprint density at radius 2 is 1.16 bits per heavy atom. The van der Waals surface area contributed by atoms with Gasteiger partial charge in [-0.25, -0.2) is 4.98 Å². The SMILES string of the molecule is CCOCCOCCOCCOCCON(CCOCCOCCOCCOCCO)c1ccc(N=Nc2ncc(Cl)s2)cc1. The highest BCUT2D eigenvalue weighted by molar-refractivity contribution is 7.19. The molecule has 0 aliphatic carbocycles. The molecule has 1 N–H and O–H groups in total. The fourth-order valence-electron chi connectivity index (χ4n) is 3.33. The maximum absolute atomic E-state index is 8.66. The lowest BCUT2D eigenvalue weighted by molar-refractivity contribution is -0.0171. The van der Waals surface area contributed by atoms with Gasteiger partial charge in [-0.1, -0.05) is 22.9 Å². The molecule has 45 heavy (non-hydrogen) atoms. The minimum Gasteiger partial charge on any atom is -0.394 e. The van der Waals surface area contributed by atoms with Crippen molar-refractivity contribution < 1.29 is 47.8 Å². The Balaban J connectivity index is 1.66. The Labute approximate surface area is 274 Å². The van der Waals surface area contributed by atoms with Gasteiger partial charge < -0.3 is 43.0 Å². The number of aliphatic hydroxyl groups excluding tert-OH is 1. The van der Waals surface area contributed by atoms with E-state index in [1.54, 1.807) is 11.3 Å². The Morgan fingerprint density at radius 1 is 0.667 bits per heavy atom. The summed E-state index contributed by atoms with van der Waals surface area (Å²) >= 11 is 7.16. The second kappa shape index (κ2) is 28.4. The Hall–Kier alpha value is -1.86. The number of hydrogen-bond donors (Lipinski definition) is 1. The molecule has 0 saturated carbocycles. The van der Waals surface area contributed by atoms with Crippen molar-refractivity contribution in [3.63, 3.8) is 0 Å². The molecule has 1 heterocycles. The summed E-state index contributed by atoms with van der Waals surface area (Å²) < 4.78 is 44.1. The molecule has 1 aromatic carbocycles. The maximum Gasteiger partial charge on any atom is 0.231 e. The van der Waals surface area contributed by atoms with Gasteiger partial charge in [0.1, 0.15) is 4.34 Å². The number of halogens is 1. The van der Waals surface area contributed by atoms with E-state index in [1.165, 1.54) is 11.3 Å². The molecule has 0 bridgehead atoms. The van der Waals surface area contributed by atoms with Gasteiger partial charge in [0, 0.05) is 6.61 Å². The molecule has 2 aromatic rings. The lowest BCUT2D eigenvalue weighted by Crippen LogP contribution is -2.30. The Morgan fingerprint density at radius 3 is 1.64 bits per heavy atom. The highest BCUT2D eigenvalue weighted by Crippen LogP contribution is 2.27. The van der Waals surface area contributed by atoms with E-state index in [0.29, 0.717) is 134 Å². The maximum atomic E-state index is 8.66. The largest absolute Gasteiger partial charge is 0.394 e. The zero-order valence-corrected chi connectivity index (χ0v) is 27.6. The number of hydroxylamine groups is 1. The van der Waals surface area contributed by atoms with Crippen LogP contribution in [-0.4, -0.2) is 136 Å². The van der Waals surface area contributed by atoms with Gasteiger partial charge in [0.05, 0.1) is 136 Å². The molecule has 0 atom stereocenters. The van der Waals surface area contributed by atoms with E-state index in [0.717, 1.165) is 5.69 Å². The number of thiazole rings is 1. The molecular formula is C29H47ClN4O10S. The second-order valence-corrected chi connectivity index (χ2v) is 10.4. The van der Waals surface area contributed by atoms with Gasteiger partial charge in [-0.3, -0.25) is 9.90 Å². The molecule has 0 radical (unpaired) electrons. The molecule has 0 spiro atoms. The fraction of sp³-hybridized carbons (Fsp3) is 0.690. The van der Waals surface area contributed by atoms with Crippen molar-refractivity contribution in [2.45, 2.75) is 6.92 Å². The van der Waals surface area contributed by atoms with Crippen LogP contribution in [0.2, 0.25) is 4.34 Å². The van der Waals surface area contributed by atoms with E-state index in [2.05, 4.69) is 15.2 Å². The molecule has 0 aliphatic rings. The van der Waals surface area contributed by atoms with Crippen LogP contribution in [-0.2, 0) is 42.7 Å². The molecule has 0 fully saturated rings. The second-order valence-electron chi connectivity index (χ2n) is 8.81. The van der Waals surface area contributed by atoms with Gasteiger partial charge in [-0.15, -0.1) is 10.2 Å². The molecule has 1 aromatic heterocycles. The van der Waals surface area contributed by atoms with E-state index in [1.807, 2.05) is 31.2 Å². The minimum atomic E-state index is 0.00867. The van der Waals surface area contributed by atoms with Crippen molar-refractivity contribution in [1.82, 2.24) is 4.98 Å². The summed E-state index contributed by atoms with van der Waals surface area (Å²) in [6, 6.07) is 7.47. The first-order valence-corrected chi connectivity index (χ1v) is 16.2. The van der Waals surface area contributed by atoms with Crippen LogP contribution in [0.5, 0.6) is 0 Å². The third-order valence-electron chi connectivity index (χ3n) is 5.44. The minimum absolute atomic E-state index is 0.00867. The molecule has 0 aliphatic heterocycles. The molecule has 256 valence electrons. The number of azo groups is 1. The molecule has 2 rings (SSSR count). The van der Waals surface area contributed by atoms with Crippen molar-refractivity contribution in [1.29, 1.82) is 0 Å². The lowest BCUT2D eigenvalue weighted by Gasteiger charge is -2.24. The smallest absolute Gasteiger partial charge is 0.231 e. The average Bonchev–Trinajstić information content (AvgIpc) is 3.48. The Bertz CT molecular complexity index is 947. The van der Waals surface area contributed by atoms with Crippen LogP contribution in [0.1, 0.15) is 6.92 Å². The highest BCUT2D eigenvalue weighted by Gasteiger charge is 2.08. The first kappa shape index (κ1) is 39.3. The van der Waals surface area contributed by atoms with E-state index < -0.39 is 0 Å². The van der Waals surface area contributed by atoms with Crippen molar-refractivity contribution in [3.8, 4) is 0 Å². The van der Waals surface area contributed by atoms with Crippen LogP contribution in [0.25, 0.3) is 0 Å². The first-order chi connectivity index (χ1) is 22.2. The predicted molar refractivity (Wildman–Crippen MR) is 170 cm³/mol. The summed E-state index contributed by atoms with van der Waals surface area (Å²) in [4.78, 5) is 10.1. The van der Waals surface area contributed by atoms with Crippen molar-refractivity contribution in [2.24, 2.45) is 10.2 Å². The van der Waals surface area contributed by atoms with Gasteiger partial charge in [0.15, 0.2) is 0 Å². The van der Waals surface area contributed by atoms with Crippen LogP contribution in [0.3, 0.4) is 0 Å². The van der Waals surface area contributed by atoms with Gasteiger partial charge in [-0.05, 0) is 31.2 Å². The summed E-state index contributed by atoms with van der Waals surface area (Å²) in [5.41, 5.74) is 1.50. The fourth-order valence-corrected chi connectivity index (χ4v) is 4.05. The Kier molecular flexibility index (Phi) is 24.8. The molecule has 16 heteroatoms. The van der Waals surface area contributed by atoms with Gasteiger partial charge in [0.2, 0.25) is 5.13 Å². The standard InChI is InChI=1S/C29H47ClN4O10S/c1-2-36-11-12-39-17-18-42-21-22-43-23-24-44-34(7-9-37-13-15-40-19-20-41-16-14-38-10-8-35)27-5-3-26(4-6-27)32-33-29-31-25-28(30)45-29/h3-6,25,35H,2,7-24H2,1H3. The lowest BCUT2D eigenvalue weighted by atomic mass is 10.3. The van der Waals surface area contributed by atoms with Crippen LogP contribution in [0.15, 0.2) is 40.7 Å². The molecule has 14 nitrogen and oxygen atoms in total. The average molecular weight is 679 g/mol. The normalized spacial score (nSPS) is 11.6. The molecule has 0 saturated heterocycles. The summed E-state index contributed by atoms with van der Waals surface area (Å²) in [7, 11) is 0. The third-order valence-corrected chi connectivity index (χ3v) is 6.44. The highest BCUT2D eigenvalue weighted by atomic mass is 35.5. The number of nitrogens with zero attached hydrogens (tertiary/aromatic N) is 4. The topological polar surface area (TPSA) is 144 Å². The van der Waals surface area contributed by atoms with Crippen LogP contribution < -0.4 is 5.06 Å². The van der Waals surface area contributed by atoms with Crippen LogP contribution in [0, 0.1) is 0 Å². The van der Waals surface area contributed by atoms with Crippen molar-refractivity contribution >= 4 is 39.4 Å². The van der Waals surface area contributed by atoms with Crippen LogP contribution >= 0.6 is 22.9 Å². The van der Waals surface area contributed by atoms with E-state index in [4.69, 9.17) is 59.4 Å². The van der Waals surface area contributed by atoms with Crippen molar-refractivity contribution in [3.05, 3.63) is 34.8 Å². The zero-order valence-electron chi connectivity index (χ0n) is 26.0. The third kappa shape index (κ3) is 21.5. The molecule has 0 amide bonds. The van der Waals surface area contributed by atoms with Crippen LogP contribution in [0.4, 0.5) is 16.5 Å². The number of anilines is 1. The van der Waals surface area contributed by atoms with E-state index in [-0.39, 0.29) is 6.61 Å². The zero-order chi connectivity index (χ0) is 32.0. The summed E-state index contributed by atoms with van der Waals surface area (Å²) in [5.74, 6) is 0. The van der Waals surface area contributed by atoms with E-state index >= 15 is 0 Å². The summed E-state index contributed by atoms with van der Waals surface area (Å²) in [5, 5.41) is 19.2. The summed E-state index contributed by atoms with van der Waals surface area (Å²) in [6.07, 6.45) is 1.54. The number of aliphatic hydroxyl groups is 1. The van der Waals surface area contributed by atoms with Gasteiger partial charge in [0.25, 0.3) is 0 Å². The predicted octanol–water partition coefficient (Wildman–Crippen LogP) is 4.09. The van der Waals surface area contributed by atoms with E-state index in [9.17, 15) is 0 Å². The monoisotopic (exact) mass is 678 g/mol. The van der Waals surface area contributed by atoms with Gasteiger partial charge in [-0.2, -0.15) is 0 Å². The molecular weight excluding hydrogens is 632 g/mol. The summed E-state index contributed by atoms with van der Waals surface area (Å²) in [6.45, 7) is 10.5. The molecule has 0 unspecified atom stereocenters. The number of hydrogen-bond acceptors (Lipinski definition) is 15. The first-order valence-electron chi connectivity index (χ1n) is 15.0. The van der Waals surface area contributed by atoms with Crippen molar-refractivity contribution in [2.75, 3.05) is 131 Å². The van der Waals surface area contributed by atoms with Gasteiger partial charge >= 0.3 is 0 Å². The number of benzene rings is 1.